The summed E-state index contributed by atoms with van der Waals surface area (Å²) in [6.07, 6.45) is 0. The van der Waals surface area contributed by atoms with Crippen molar-refractivity contribution >= 4 is 10.9 Å². The van der Waals surface area contributed by atoms with Crippen LogP contribution in [0.15, 0.2) is 18.2 Å². The third-order valence-electron chi connectivity index (χ3n) is 2.09. The van der Waals surface area contributed by atoms with Crippen molar-refractivity contribution < 1.29 is 5.11 Å². The van der Waals surface area contributed by atoms with Crippen LogP contribution < -0.4 is 0 Å². The largest absolute Gasteiger partial charge is 0.394 e. The van der Waals surface area contributed by atoms with E-state index in [4.69, 9.17) is 5.11 Å². The monoisotopic (exact) mass is 175 g/mol. The first-order valence-corrected chi connectivity index (χ1v) is 4.27. The molecule has 0 aliphatic carbocycles. The highest BCUT2D eigenvalue weighted by molar-refractivity contribution is 5.81. The van der Waals surface area contributed by atoms with Crippen LogP contribution in [0.2, 0.25) is 0 Å². The van der Waals surface area contributed by atoms with Crippen molar-refractivity contribution in [1.82, 2.24) is 9.78 Å². The number of fused-ring (bicyclic) bond motifs is 1. The molecule has 0 unspecified atom stereocenters. The molecule has 0 fully saturated rings. The van der Waals surface area contributed by atoms with Gasteiger partial charge in [0.1, 0.15) is 0 Å². The number of hydrogen-bond acceptors (Lipinski definition) is 2. The van der Waals surface area contributed by atoms with E-state index >= 15 is 0 Å². The van der Waals surface area contributed by atoms with Crippen LogP contribution in [0.4, 0.5) is 0 Å². The maximum absolute atomic E-state index is 8.82. The third-order valence-corrected chi connectivity index (χ3v) is 2.09. The van der Waals surface area contributed by atoms with E-state index in [0.29, 0.717) is 6.54 Å². The maximum atomic E-state index is 8.82. The number of aliphatic hydroxyl groups is 1. The molecule has 1 heterocycles. The number of aliphatic hydroxyl groups excluding tert-OH is 1. The van der Waals surface area contributed by atoms with Crippen LogP contribution in [-0.2, 0) is 6.54 Å². The van der Waals surface area contributed by atoms with Gasteiger partial charge in [-0.05, 0) is 25.1 Å². The van der Waals surface area contributed by atoms with E-state index in [0.717, 1.165) is 16.6 Å². The summed E-state index contributed by atoms with van der Waals surface area (Å²) in [5.41, 5.74) is 2.05. The molecule has 0 aliphatic rings. The standard InChI is InChI=1S/C10H11N2O/c1-8-9-4-2-3-5-10(9)12(11-8)6-7-13/h3-5,13H,6-7H2,1H3. The minimum Gasteiger partial charge on any atom is -0.394 e. The Morgan fingerprint density at radius 3 is 3.23 bits per heavy atom. The van der Waals surface area contributed by atoms with Crippen LogP contribution in [-0.4, -0.2) is 21.5 Å². The lowest BCUT2D eigenvalue weighted by atomic mass is 10.2. The van der Waals surface area contributed by atoms with Crippen LogP contribution in [0.25, 0.3) is 10.9 Å². The van der Waals surface area contributed by atoms with Crippen molar-refractivity contribution in [2.24, 2.45) is 0 Å². The average molecular weight is 175 g/mol. The molecule has 0 amide bonds. The molecule has 0 saturated heterocycles. The molecule has 1 aromatic heterocycles. The zero-order chi connectivity index (χ0) is 9.26. The van der Waals surface area contributed by atoms with Gasteiger partial charge in [0.2, 0.25) is 0 Å². The van der Waals surface area contributed by atoms with E-state index < -0.39 is 0 Å². The Labute approximate surface area is 76.6 Å². The Kier molecular flexibility index (Phi) is 2.02. The van der Waals surface area contributed by atoms with Crippen LogP contribution in [0.3, 0.4) is 0 Å². The molecule has 1 aromatic carbocycles. The smallest absolute Gasteiger partial charge is 0.0686 e. The highest BCUT2D eigenvalue weighted by Crippen LogP contribution is 2.16. The number of aromatic nitrogens is 2. The summed E-state index contributed by atoms with van der Waals surface area (Å²) in [5.74, 6) is 0. The minimum atomic E-state index is 0.120. The second-order valence-electron chi connectivity index (χ2n) is 2.98. The van der Waals surface area contributed by atoms with Gasteiger partial charge in [0.15, 0.2) is 0 Å². The Morgan fingerprint density at radius 1 is 1.62 bits per heavy atom. The lowest BCUT2D eigenvalue weighted by Gasteiger charge is -1.98. The fraction of sp³-hybridized carbons (Fsp3) is 0.300. The van der Waals surface area contributed by atoms with Crippen LogP contribution in [0.1, 0.15) is 5.69 Å². The highest BCUT2D eigenvalue weighted by atomic mass is 16.3. The first kappa shape index (κ1) is 8.26. The quantitative estimate of drug-likeness (QED) is 0.743. The molecular weight excluding hydrogens is 164 g/mol. The van der Waals surface area contributed by atoms with Gasteiger partial charge in [-0.3, -0.25) is 4.68 Å². The van der Waals surface area contributed by atoms with Crippen molar-refractivity contribution in [3.8, 4) is 0 Å². The predicted octanol–water partition coefficient (Wildman–Crippen LogP) is 1.14. The summed E-state index contributed by atoms with van der Waals surface area (Å²) >= 11 is 0. The summed E-state index contributed by atoms with van der Waals surface area (Å²) < 4.78 is 1.82. The maximum Gasteiger partial charge on any atom is 0.0686 e. The predicted molar refractivity (Wildman–Crippen MR) is 50.4 cm³/mol. The van der Waals surface area contributed by atoms with E-state index in [9.17, 15) is 0 Å². The zero-order valence-corrected chi connectivity index (χ0v) is 7.49. The Hall–Kier alpha value is -1.35. The SMILES string of the molecule is Cc1nn(CCO)c2cc[c]cc12. The van der Waals surface area contributed by atoms with Gasteiger partial charge in [-0.15, -0.1) is 0 Å². The summed E-state index contributed by atoms with van der Waals surface area (Å²) in [5, 5.41) is 14.2. The molecule has 0 spiro atoms. The van der Waals surface area contributed by atoms with Crippen LogP contribution >= 0.6 is 0 Å². The van der Waals surface area contributed by atoms with Crippen molar-refractivity contribution in [2.75, 3.05) is 6.61 Å². The molecule has 1 radical (unpaired) electrons. The van der Waals surface area contributed by atoms with Crippen LogP contribution in [0.5, 0.6) is 0 Å². The highest BCUT2D eigenvalue weighted by Gasteiger charge is 2.04. The van der Waals surface area contributed by atoms with Gasteiger partial charge in [-0.2, -0.15) is 5.10 Å². The van der Waals surface area contributed by atoms with Gasteiger partial charge in [0.05, 0.1) is 24.4 Å². The number of benzene rings is 1. The van der Waals surface area contributed by atoms with Crippen molar-refractivity contribution in [2.45, 2.75) is 13.5 Å². The fourth-order valence-corrected chi connectivity index (χ4v) is 1.49. The van der Waals surface area contributed by atoms with Gasteiger partial charge >= 0.3 is 0 Å². The topological polar surface area (TPSA) is 38.0 Å². The number of rotatable bonds is 2. The number of hydrogen-bond donors (Lipinski definition) is 1. The minimum absolute atomic E-state index is 0.120. The molecule has 67 valence electrons. The molecule has 3 heteroatoms. The molecule has 0 bridgehead atoms. The Balaban J connectivity index is 2.63. The van der Waals surface area contributed by atoms with Crippen molar-refractivity contribution in [3.63, 3.8) is 0 Å². The molecule has 2 aromatic rings. The van der Waals surface area contributed by atoms with E-state index in [-0.39, 0.29) is 6.61 Å². The summed E-state index contributed by atoms with van der Waals surface area (Å²) in [6.45, 7) is 2.63. The van der Waals surface area contributed by atoms with E-state index in [1.54, 1.807) is 0 Å². The van der Waals surface area contributed by atoms with Gasteiger partial charge in [-0.25, -0.2) is 0 Å². The summed E-state index contributed by atoms with van der Waals surface area (Å²) in [4.78, 5) is 0. The third kappa shape index (κ3) is 1.31. The van der Waals surface area contributed by atoms with Crippen molar-refractivity contribution in [3.05, 3.63) is 30.0 Å². The Bertz CT molecular complexity index is 420. The second kappa shape index (κ2) is 3.18. The molecule has 0 atom stereocenters. The molecule has 0 aliphatic heterocycles. The summed E-state index contributed by atoms with van der Waals surface area (Å²) in [7, 11) is 0. The normalized spacial score (nSPS) is 10.9. The molecule has 1 N–H and O–H groups in total. The lowest BCUT2D eigenvalue weighted by Crippen LogP contribution is -2.03. The van der Waals surface area contributed by atoms with Gasteiger partial charge in [-0.1, -0.05) is 6.07 Å². The first-order valence-electron chi connectivity index (χ1n) is 4.27. The average Bonchev–Trinajstić information content (AvgIpc) is 2.46. The molecule has 0 saturated carbocycles. The molecule has 3 nitrogen and oxygen atoms in total. The van der Waals surface area contributed by atoms with Crippen molar-refractivity contribution in [1.29, 1.82) is 0 Å². The van der Waals surface area contributed by atoms with E-state index in [1.807, 2.05) is 29.8 Å². The van der Waals surface area contributed by atoms with E-state index in [1.165, 1.54) is 0 Å². The Morgan fingerprint density at radius 2 is 2.46 bits per heavy atom. The number of nitrogens with zero attached hydrogens (tertiary/aromatic N) is 2. The second-order valence-corrected chi connectivity index (χ2v) is 2.98. The molecule has 13 heavy (non-hydrogen) atoms. The van der Waals surface area contributed by atoms with Gasteiger partial charge < -0.3 is 5.11 Å². The lowest BCUT2D eigenvalue weighted by molar-refractivity contribution is 0.271. The van der Waals surface area contributed by atoms with Gasteiger partial charge in [0.25, 0.3) is 0 Å². The zero-order valence-electron chi connectivity index (χ0n) is 7.49. The van der Waals surface area contributed by atoms with E-state index in [2.05, 4.69) is 11.2 Å². The van der Waals surface area contributed by atoms with Crippen LogP contribution in [0, 0.1) is 13.0 Å². The fourth-order valence-electron chi connectivity index (χ4n) is 1.49. The first-order chi connectivity index (χ1) is 6.33. The number of aryl methyl sites for hydroxylation is 1. The van der Waals surface area contributed by atoms with Gasteiger partial charge in [0, 0.05) is 5.39 Å². The molecule has 2 rings (SSSR count). The molecular formula is C10H11N2O. The summed E-state index contributed by atoms with van der Waals surface area (Å²) in [6, 6.07) is 8.76.